The minimum atomic E-state index is -4.33. The number of halogens is 3. The van der Waals surface area contributed by atoms with Crippen LogP contribution in [0, 0.1) is 0 Å². The second-order valence-electron chi connectivity index (χ2n) is 2.35. The fraction of sp³-hybridized carbons (Fsp3) is 0.500. The minimum absolute atomic E-state index is 0.0764. The zero-order chi connectivity index (χ0) is 9.35. The third-order valence-corrected chi connectivity index (χ3v) is 2.17. The van der Waals surface area contributed by atoms with E-state index in [1.54, 1.807) is 0 Å². The Morgan fingerprint density at radius 2 is 2.17 bits per heavy atom. The molecule has 0 radical (unpaired) electrons. The highest BCUT2D eigenvalue weighted by atomic mass is 32.1. The van der Waals surface area contributed by atoms with Crippen molar-refractivity contribution in [1.82, 2.24) is 4.98 Å². The molecule has 1 aromatic heterocycles. The van der Waals surface area contributed by atoms with Crippen LogP contribution < -0.4 is 5.73 Å². The molecule has 2 nitrogen and oxygen atoms in total. The molecule has 1 heterocycles. The molecule has 1 unspecified atom stereocenters. The van der Waals surface area contributed by atoms with Crippen LogP contribution in [0.2, 0.25) is 0 Å². The first-order valence-corrected chi connectivity index (χ1v) is 4.07. The van der Waals surface area contributed by atoms with Gasteiger partial charge in [0.15, 0.2) is 0 Å². The number of hydrogen-bond donors (Lipinski definition) is 1. The van der Waals surface area contributed by atoms with E-state index in [9.17, 15) is 13.2 Å². The van der Waals surface area contributed by atoms with E-state index in [-0.39, 0.29) is 5.69 Å². The summed E-state index contributed by atoms with van der Waals surface area (Å²) in [5.74, 6) is 0. The van der Waals surface area contributed by atoms with Crippen LogP contribution in [-0.2, 0) is 6.18 Å². The van der Waals surface area contributed by atoms with E-state index in [0.29, 0.717) is 11.3 Å². The highest BCUT2D eigenvalue weighted by molar-refractivity contribution is 7.09. The van der Waals surface area contributed by atoms with Gasteiger partial charge in [-0.25, -0.2) is 4.98 Å². The second-order valence-corrected chi connectivity index (χ2v) is 3.21. The van der Waals surface area contributed by atoms with Gasteiger partial charge in [-0.2, -0.15) is 13.2 Å². The number of hydrogen-bond acceptors (Lipinski definition) is 3. The lowest BCUT2D eigenvalue weighted by Crippen LogP contribution is -2.13. The number of thiazole rings is 1. The van der Waals surface area contributed by atoms with Crippen LogP contribution in [0.1, 0.15) is 23.5 Å². The Labute approximate surface area is 71.2 Å². The van der Waals surface area contributed by atoms with Crippen molar-refractivity contribution in [1.29, 1.82) is 0 Å². The van der Waals surface area contributed by atoms with Crippen LogP contribution in [0.5, 0.6) is 0 Å². The highest BCUT2D eigenvalue weighted by Gasteiger charge is 2.36. The average Bonchev–Trinajstić information content (AvgIpc) is 2.30. The lowest BCUT2D eigenvalue weighted by atomic mass is 10.2. The Balaban J connectivity index is 3.08. The quantitative estimate of drug-likeness (QED) is 0.747. The number of alkyl halides is 3. The Kier molecular flexibility index (Phi) is 2.39. The minimum Gasteiger partial charge on any atom is -0.323 e. The summed E-state index contributed by atoms with van der Waals surface area (Å²) < 4.78 is 36.5. The third-order valence-electron chi connectivity index (χ3n) is 1.28. The molecular formula is C6H7F3N2S. The number of aromatic nitrogens is 1. The molecular weight excluding hydrogens is 189 g/mol. The van der Waals surface area contributed by atoms with Gasteiger partial charge < -0.3 is 5.73 Å². The monoisotopic (exact) mass is 196 g/mol. The number of nitrogens with zero attached hydrogens (tertiary/aromatic N) is 1. The molecule has 1 aromatic rings. The summed E-state index contributed by atoms with van der Waals surface area (Å²) in [6, 6.07) is -0.673. The van der Waals surface area contributed by atoms with Crippen LogP contribution in [0.3, 0.4) is 0 Å². The van der Waals surface area contributed by atoms with Crippen molar-refractivity contribution in [3.63, 3.8) is 0 Å². The van der Waals surface area contributed by atoms with Gasteiger partial charge in [0, 0.05) is 6.04 Å². The summed E-state index contributed by atoms with van der Waals surface area (Å²) in [7, 11) is 0. The molecule has 0 saturated heterocycles. The Morgan fingerprint density at radius 3 is 2.50 bits per heavy atom. The zero-order valence-corrected chi connectivity index (χ0v) is 7.04. The predicted octanol–water partition coefficient (Wildman–Crippen LogP) is 2.18. The normalized spacial score (nSPS) is 14.8. The molecule has 0 aliphatic carbocycles. The molecule has 0 saturated carbocycles. The van der Waals surface area contributed by atoms with E-state index < -0.39 is 17.1 Å². The van der Waals surface area contributed by atoms with E-state index in [1.807, 2.05) is 0 Å². The Morgan fingerprint density at radius 1 is 1.58 bits per heavy atom. The van der Waals surface area contributed by atoms with Gasteiger partial charge in [0.25, 0.3) is 0 Å². The fourth-order valence-electron chi connectivity index (χ4n) is 0.791. The molecule has 12 heavy (non-hydrogen) atoms. The average molecular weight is 196 g/mol. The van der Waals surface area contributed by atoms with Gasteiger partial charge in [0.2, 0.25) is 0 Å². The Hall–Kier alpha value is -0.620. The van der Waals surface area contributed by atoms with Crippen molar-refractivity contribution < 1.29 is 13.2 Å². The molecule has 0 aliphatic heterocycles. The topological polar surface area (TPSA) is 38.9 Å². The first-order valence-electron chi connectivity index (χ1n) is 3.19. The first-order chi connectivity index (χ1) is 5.43. The van der Waals surface area contributed by atoms with Crippen molar-refractivity contribution in [2.45, 2.75) is 19.1 Å². The van der Waals surface area contributed by atoms with Gasteiger partial charge in [-0.1, -0.05) is 0 Å². The molecule has 0 amide bonds. The van der Waals surface area contributed by atoms with Crippen molar-refractivity contribution in [3.8, 4) is 0 Å². The predicted molar refractivity (Wildman–Crippen MR) is 39.7 cm³/mol. The molecule has 0 bridgehead atoms. The molecule has 0 fully saturated rings. The zero-order valence-electron chi connectivity index (χ0n) is 6.22. The molecule has 0 aromatic carbocycles. The summed E-state index contributed by atoms with van der Waals surface area (Å²) >= 11 is 0.569. The molecule has 68 valence electrons. The van der Waals surface area contributed by atoms with E-state index in [2.05, 4.69) is 4.98 Å². The van der Waals surface area contributed by atoms with Gasteiger partial charge in [0.05, 0.1) is 11.2 Å². The lowest BCUT2D eigenvalue weighted by molar-refractivity contribution is -0.135. The maximum atomic E-state index is 12.2. The van der Waals surface area contributed by atoms with Gasteiger partial charge in [-0.15, -0.1) is 11.3 Å². The largest absolute Gasteiger partial charge is 0.427 e. The second kappa shape index (κ2) is 3.02. The van der Waals surface area contributed by atoms with Crippen LogP contribution in [0.4, 0.5) is 13.2 Å². The molecule has 0 spiro atoms. The highest BCUT2D eigenvalue weighted by Crippen LogP contribution is 2.36. The molecule has 6 heteroatoms. The molecule has 0 aliphatic rings. The third kappa shape index (κ3) is 1.75. The van der Waals surface area contributed by atoms with E-state index >= 15 is 0 Å². The van der Waals surface area contributed by atoms with Gasteiger partial charge >= 0.3 is 6.18 Å². The summed E-state index contributed by atoms with van der Waals surface area (Å²) in [6.07, 6.45) is -4.33. The summed E-state index contributed by atoms with van der Waals surface area (Å²) in [4.78, 5) is 2.86. The summed E-state index contributed by atoms with van der Waals surface area (Å²) in [5, 5.41) is 0. The Bertz CT molecular complexity index is 266. The van der Waals surface area contributed by atoms with Gasteiger partial charge in [0.1, 0.15) is 4.88 Å². The van der Waals surface area contributed by atoms with Crippen LogP contribution >= 0.6 is 11.3 Å². The maximum Gasteiger partial charge on any atom is 0.427 e. The van der Waals surface area contributed by atoms with Crippen molar-refractivity contribution in [2.75, 3.05) is 0 Å². The summed E-state index contributed by atoms with van der Waals surface area (Å²) in [5.41, 5.74) is 6.38. The summed E-state index contributed by atoms with van der Waals surface area (Å²) in [6.45, 7) is 1.48. The van der Waals surface area contributed by atoms with Gasteiger partial charge in [-0.05, 0) is 6.92 Å². The van der Waals surface area contributed by atoms with Gasteiger partial charge in [-0.3, -0.25) is 0 Å². The van der Waals surface area contributed by atoms with E-state index in [0.717, 1.165) is 5.51 Å². The van der Waals surface area contributed by atoms with Crippen LogP contribution in [0.15, 0.2) is 5.51 Å². The lowest BCUT2D eigenvalue weighted by Gasteiger charge is -2.07. The fourth-order valence-corrected chi connectivity index (χ4v) is 1.56. The standard InChI is InChI=1S/C6H7F3N2S/c1-3(10)4-5(6(7,8)9)12-2-11-4/h2-3H,10H2,1H3. The first kappa shape index (κ1) is 9.47. The van der Waals surface area contributed by atoms with E-state index in [4.69, 9.17) is 5.73 Å². The van der Waals surface area contributed by atoms with E-state index in [1.165, 1.54) is 6.92 Å². The van der Waals surface area contributed by atoms with Crippen molar-refractivity contribution >= 4 is 11.3 Å². The SMILES string of the molecule is CC(N)c1ncsc1C(F)(F)F. The molecule has 2 N–H and O–H groups in total. The number of nitrogens with two attached hydrogens (primary N) is 1. The van der Waals surface area contributed by atoms with Crippen LogP contribution in [-0.4, -0.2) is 4.98 Å². The van der Waals surface area contributed by atoms with Crippen molar-refractivity contribution in [3.05, 3.63) is 16.1 Å². The van der Waals surface area contributed by atoms with Crippen molar-refractivity contribution in [2.24, 2.45) is 5.73 Å². The smallest absolute Gasteiger partial charge is 0.323 e. The molecule has 1 rings (SSSR count). The van der Waals surface area contributed by atoms with Crippen LogP contribution in [0.25, 0.3) is 0 Å². The number of rotatable bonds is 1. The molecule has 1 atom stereocenters. The maximum absolute atomic E-state index is 12.2.